The van der Waals surface area contributed by atoms with Gasteiger partial charge in [-0.3, -0.25) is 0 Å². The van der Waals surface area contributed by atoms with Crippen LogP contribution in [0.25, 0.3) is 0 Å². The number of benzene rings is 1. The molecule has 0 saturated carbocycles. The van der Waals surface area contributed by atoms with E-state index in [1.165, 1.54) is 0 Å². The summed E-state index contributed by atoms with van der Waals surface area (Å²) in [7, 11) is -3.47. The van der Waals surface area contributed by atoms with Gasteiger partial charge in [0.2, 0.25) is 10.0 Å². The summed E-state index contributed by atoms with van der Waals surface area (Å²) in [5.74, 6) is 0.763. The molecule has 0 fully saturated rings. The van der Waals surface area contributed by atoms with E-state index in [0.29, 0.717) is 6.42 Å². The molecule has 0 aliphatic carbocycles. The molecule has 0 saturated heterocycles. The van der Waals surface area contributed by atoms with Gasteiger partial charge in [-0.15, -0.1) is 0 Å². The van der Waals surface area contributed by atoms with E-state index in [1.54, 1.807) is 36.6 Å². The van der Waals surface area contributed by atoms with E-state index in [2.05, 4.69) is 4.72 Å². The first-order valence-corrected chi connectivity index (χ1v) is 7.57. The second-order valence-electron chi connectivity index (χ2n) is 4.62. The molecule has 0 aliphatic heterocycles. The molecule has 0 amide bonds. The van der Waals surface area contributed by atoms with Crippen LogP contribution in [0.2, 0.25) is 0 Å². The number of furan rings is 1. The van der Waals surface area contributed by atoms with Crippen molar-refractivity contribution >= 4 is 10.0 Å². The van der Waals surface area contributed by atoms with E-state index in [-0.39, 0.29) is 10.9 Å². The van der Waals surface area contributed by atoms with Crippen molar-refractivity contribution in [2.45, 2.75) is 31.2 Å². The second-order valence-corrected chi connectivity index (χ2v) is 6.33. The molecule has 0 radical (unpaired) electrons. The standard InChI is InChI=1S/C14H17NO3S/c1-11-5-7-14(8-6-11)19(16,17)15-12(2)10-13-4-3-9-18-13/h3-9,12,15H,10H2,1-2H3. The van der Waals surface area contributed by atoms with Crippen LogP contribution in [0, 0.1) is 6.92 Å². The number of aryl methyl sites for hydroxylation is 1. The van der Waals surface area contributed by atoms with Gasteiger partial charge in [0.15, 0.2) is 0 Å². The van der Waals surface area contributed by atoms with Crippen molar-refractivity contribution in [3.05, 3.63) is 54.0 Å². The maximum Gasteiger partial charge on any atom is 0.240 e. The van der Waals surface area contributed by atoms with Gasteiger partial charge in [-0.25, -0.2) is 13.1 Å². The number of hydrogen-bond donors (Lipinski definition) is 1. The van der Waals surface area contributed by atoms with Gasteiger partial charge in [0.25, 0.3) is 0 Å². The summed E-state index contributed by atoms with van der Waals surface area (Å²) in [6.45, 7) is 3.73. The van der Waals surface area contributed by atoms with Crippen LogP contribution in [0.4, 0.5) is 0 Å². The van der Waals surface area contributed by atoms with Crippen molar-refractivity contribution in [1.82, 2.24) is 4.72 Å². The molecule has 102 valence electrons. The molecule has 0 spiro atoms. The first-order valence-electron chi connectivity index (χ1n) is 6.09. The third-order valence-corrected chi connectivity index (χ3v) is 4.38. The van der Waals surface area contributed by atoms with Crippen molar-refractivity contribution in [3.63, 3.8) is 0 Å². The molecule has 4 nitrogen and oxygen atoms in total. The lowest BCUT2D eigenvalue weighted by Gasteiger charge is -2.13. The Balaban J connectivity index is 2.06. The predicted molar refractivity (Wildman–Crippen MR) is 73.4 cm³/mol. The summed E-state index contributed by atoms with van der Waals surface area (Å²) in [6, 6.07) is 10.2. The Labute approximate surface area is 113 Å². The molecule has 0 aliphatic rings. The third-order valence-electron chi connectivity index (χ3n) is 2.78. The van der Waals surface area contributed by atoms with Gasteiger partial charge >= 0.3 is 0 Å². The van der Waals surface area contributed by atoms with Crippen LogP contribution in [0.1, 0.15) is 18.2 Å². The van der Waals surface area contributed by atoms with Crippen LogP contribution in [0.15, 0.2) is 52.0 Å². The van der Waals surface area contributed by atoms with Crippen LogP contribution >= 0.6 is 0 Å². The SMILES string of the molecule is Cc1ccc(S(=O)(=O)NC(C)Cc2ccco2)cc1. The summed E-state index contributed by atoms with van der Waals surface area (Å²) in [6.07, 6.45) is 2.11. The summed E-state index contributed by atoms with van der Waals surface area (Å²) in [5.41, 5.74) is 1.03. The fourth-order valence-electron chi connectivity index (χ4n) is 1.82. The highest BCUT2D eigenvalue weighted by Crippen LogP contribution is 2.12. The Bertz CT molecular complexity index is 615. The predicted octanol–water partition coefficient (Wildman–Crippen LogP) is 2.50. The molecule has 5 heteroatoms. The number of sulfonamides is 1. The van der Waals surface area contributed by atoms with Crippen LogP contribution < -0.4 is 4.72 Å². The summed E-state index contributed by atoms with van der Waals surface area (Å²) >= 11 is 0. The van der Waals surface area contributed by atoms with Crippen LogP contribution in [0.3, 0.4) is 0 Å². The molecule has 1 aromatic heterocycles. The van der Waals surface area contributed by atoms with E-state index in [0.717, 1.165) is 11.3 Å². The first-order chi connectivity index (χ1) is 8.97. The van der Waals surface area contributed by atoms with Crippen LogP contribution in [-0.4, -0.2) is 14.5 Å². The lowest BCUT2D eigenvalue weighted by atomic mass is 10.2. The molecule has 1 aromatic carbocycles. The highest BCUT2D eigenvalue weighted by Gasteiger charge is 2.17. The normalized spacial score (nSPS) is 13.4. The fraction of sp³-hybridized carbons (Fsp3) is 0.286. The van der Waals surface area contributed by atoms with Crippen molar-refractivity contribution in [3.8, 4) is 0 Å². The molecule has 1 heterocycles. The van der Waals surface area contributed by atoms with E-state index in [4.69, 9.17) is 4.42 Å². The van der Waals surface area contributed by atoms with Gasteiger partial charge in [0, 0.05) is 12.5 Å². The van der Waals surface area contributed by atoms with Gasteiger partial charge < -0.3 is 4.42 Å². The minimum atomic E-state index is -3.47. The molecule has 0 bridgehead atoms. The first kappa shape index (κ1) is 13.8. The third kappa shape index (κ3) is 3.68. The highest BCUT2D eigenvalue weighted by molar-refractivity contribution is 7.89. The minimum absolute atomic E-state index is 0.225. The van der Waals surface area contributed by atoms with E-state index >= 15 is 0 Å². The zero-order chi connectivity index (χ0) is 13.9. The quantitative estimate of drug-likeness (QED) is 0.914. The minimum Gasteiger partial charge on any atom is -0.469 e. The number of hydrogen-bond acceptors (Lipinski definition) is 3. The molecular weight excluding hydrogens is 262 g/mol. The van der Waals surface area contributed by atoms with Crippen molar-refractivity contribution < 1.29 is 12.8 Å². The molecule has 1 atom stereocenters. The lowest BCUT2D eigenvalue weighted by molar-refractivity contribution is 0.479. The van der Waals surface area contributed by atoms with E-state index in [1.807, 2.05) is 19.9 Å². The van der Waals surface area contributed by atoms with Gasteiger partial charge in [0.05, 0.1) is 11.2 Å². The maximum atomic E-state index is 12.1. The van der Waals surface area contributed by atoms with Crippen LogP contribution in [0.5, 0.6) is 0 Å². The monoisotopic (exact) mass is 279 g/mol. The summed E-state index contributed by atoms with van der Waals surface area (Å²) in [5, 5.41) is 0. The fourth-order valence-corrected chi connectivity index (χ4v) is 3.07. The second kappa shape index (κ2) is 5.59. The van der Waals surface area contributed by atoms with Crippen molar-refractivity contribution in [2.75, 3.05) is 0 Å². The summed E-state index contributed by atoms with van der Waals surface area (Å²) < 4.78 is 32.1. The van der Waals surface area contributed by atoms with Crippen molar-refractivity contribution in [1.29, 1.82) is 0 Å². The topological polar surface area (TPSA) is 59.3 Å². The van der Waals surface area contributed by atoms with Crippen molar-refractivity contribution in [2.24, 2.45) is 0 Å². The molecule has 19 heavy (non-hydrogen) atoms. The average Bonchev–Trinajstić information content (AvgIpc) is 2.81. The highest BCUT2D eigenvalue weighted by atomic mass is 32.2. The zero-order valence-electron chi connectivity index (χ0n) is 11.0. The lowest BCUT2D eigenvalue weighted by Crippen LogP contribution is -2.34. The Morgan fingerprint density at radius 3 is 2.47 bits per heavy atom. The molecule has 1 N–H and O–H groups in total. The Kier molecular flexibility index (Phi) is 4.07. The Morgan fingerprint density at radius 2 is 1.89 bits per heavy atom. The Hall–Kier alpha value is -1.59. The van der Waals surface area contributed by atoms with Gasteiger partial charge in [-0.05, 0) is 38.1 Å². The molecular formula is C14H17NO3S. The smallest absolute Gasteiger partial charge is 0.240 e. The zero-order valence-corrected chi connectivity index (χ0v) is 11.8. The Morgan fingerprint density at radius 1 is 1.21 bits per heavy atom. The largest absolute Gasteiger partial charge is 0.469 e. The number of rotatable bonds is 5. The molecule has 1 unspecified atom stereocenters. The van der Waals surface area contributed by atoms with Gasteiger partial charge in [-0.2, -0.15) is 0 Å². The molecule has 2 aromatic rings. The average molecular weight is 279 g/mol. The molecule has 2 rings (SSSR count). The summed E-state index contributed by atoms with van der Waals surface area (Å²) in [4.78, 5) is 0.282. The van der Waals surface area contributed by atoms with E-state index in [9.17, 15) is 8.42 Å². The number of nitrogens with one attached hydrogen (secondary N) is 1. The maximum absolute atomic E-state index is 12.1. The van der Waals surface area contributed by atoms with Gasteiger partial charge in [-0.1, -0.05) is 17.7 Å². The van der Waals surface area contributed by atoms with E-state index < -0.39 is 10.0 Å². The van der Waals surface area contributed by atoms with Gasteiger partial charge in [0.1, 0.15) is 5.76 Å². The van der Waals surface area contributed by atoms with Crippen LogP contribution in [-0.2, 0) is 16.4 Å².